The highest BCUT2D eigenvalue weighted by molar-refractivity contribution is 5.38. The van der Waals surface area contributed by atoms with Crippen molar-refractivity contribution in [2.24, 2.45) is 0 Å². The van der Waals surface area contributed by atoms with Crippen LogP contribution in [-0.2, 0) is 13.1 Å². The van der Waals surface area contributed by atoms with E-state index in [4.69, 9.17) is 5.26 Å². The third-order valence-corrected chi connectivity index (χ3v) is 3.29. The molecule has 2 aromatic heterocycles. The average Bonchev–Trinajstić information content (AvgIpc) is 3.01. The molecule has 1 N–H and O–H groups in total. The van der Waals surface area contributed by atoms with Gasteiger partial charge in [-0.05, 0) is 17.7 Å². The Morgan fingerprint density at radius 1 is 1.09 bits per heavy atom. The molecule has 5 heteroatoms. The van der Waals surface area contributed by atoms with Gasteiger partial charge in [-0.1, -0.05) is 36.4 Å². The molecule has 0 aliphatic heterocycles. The van der Waals surface area contributed by atoms with E-state index in [9.17, 15) is 0 Å². The second kappa shape index (κ2) is 6.55. The van der Waals surface area contributed by atoms with Crippen molar-refractivity contribution in [3.05, 3.63) is 78.0 Å². The minimum atomic E-state index is 0.401. The number of rotatable bonds is 5. The molecular weight excluding hydrogens is 274 g/mol. The summed E-state index contributed by atoms with van der Waals surface area (Å²) in [6.45, 7) is 1.34. The molecule has 3 aromatic rings. The van der Waals surface area contributed by atoms with Gasteiger partial charge < -0.3 is 9.88 Å². The highest BCUT2D eigenvalue weighted by Gasteiger charge is 2.04. The van der Waals surface area contributed by atoms with E-state index in [1.807, 2.05) is 42.6 Å². The van der Waals surface area contributed by atoms with Crippen molar-refractivity contribution in [3.8, 4) is 6.07 Å². The molecular formula is C17H15N5. The minimum Gasteiger partial charge on any atom is -0.363 e. The summed E-state index contributed by atoms with van der Waals surface area (Å²) in [6.07, 6.45) is 3.75. The predicted molar refractivity (Wildman–Crippen MR) is 84.0 cm³/mol. The summed E-state index contributed by atoms with van der Waals surface area (Å²) in [4.78, 5) is 8.57. The molecule has 0 saturated carbocycles. The van der Waals surface area contributed by atoms with E-state index in [0.717, 1.165) is 12.4 Å². The van der Waals surface area contributed by atoms with Crippen LogP contribution in [0.25, 0.3) is 0 Å². The topological polar surface area (TPSA) is 66.5 Å². The van der Waals surface area contributed by atoms with Crippen LogP contribution in [0, 0.1) is 11.3 Å². The van der Waals surface area contributed by atoms with Gasteiger partial charge in [-0.3, -0.25) is 0 Å². The van der Waals surface area contributed by atoms with E-state index in [1.165, 1.54) is 5.56 Å². The molecule has 0 aliphatic carbocycles. The fourth-order valence-electron chi connectivity index (χ4n) is 2.20. The number of pyridine rings is 1. The first-order chi connectivity index (χ1) is 10.8. The van der Waals surface area contributed by atoms with Crippen LogP contribution in [0.1, 0.15) is 17.1 Å². The van der Waals surface area contributed by atoms with Crippen molar-refractivity contribution in [3.63, 3.8) is 0 Å². The first kappa shape index (κ1) is 13.8. The summed E-state index contributed by atoms with van der Waals surface area (Å²) in [5.41, 5.74) is 1.63. The SMILES string of the molecule is N#Cc1cccc(NCc2nccn2Cc2ccccc2)n1. The number of hydrogen-bond acceptors (Lipinski definition) is 4. The smallest absolute Gasteiger partial charge is 0.142 e. The maximum absolute atomic E-state index is 8.87. The van der Waals surface area contributed by atoms with Crippen LogP contribution >= 0.6 is 0 Å². The van der Waals surface area contributed by atoms with Gasteiger partial charge in [0, 0.05) is 18.9 Å². The van der Waals surface area contributed by atoms with Crippen LogP contribution in [0.15, 0.2) is 60.9 Å². The van der Waals surface area contributed by atoms with Crippen LogP contribution in [0.4, 0.5) is 5.82 Å². The van der Waals surface area contributed by atoms with Gasteiger partial charge in [0.05, 0.1) is 6.54 Å². The highest BCUT2D eigenvalue weighted by Crippen LogP contribution is 2.09. The van der Waals surface area contributed by atoms with Gasteiger partial charge in [0.25, 0.3) is 0 Å². The Labute approximate surface area is 128 Å². The molecule has 0 spiro atoms. The zero-order chi connectivity index (χ0) is 15.2. The second-order valence-electron chi connectivity index (χ2n) is 4.83. The number of nitrogens with one attached hydrogen (secondary N) is 1. The van der Waals surface area contributed by atoms with Crippen LogP contribution < -0.4 is 5.32 Å². The third-order valence-electron chi connectivity index (χ3n) is 3.29. The summed E-state index contributed by atoms with van der Waals surface area (Å²) in [6, 6.07) is 17.6. The number of benzene rings is 1. The average molecular weight is 289 g/mol. The lowest BCUT2D eigenvalue weighted by Gasteiger charge is -2.09. The maximum Gasteiger partial charge on any atom is 0.142 e. The molecule has 0 unspecified atom stereocenters. The zero-order valence-corrected chi connectivity index (χ0v) is 12.0. The number of nitrogens with zero attached hydrogens (tertiary/aromatic N) is 4. The van der Waals surface area contributed by atoms with Crippen molar-refractivity contribution in [1.29, 1.82) is 5.26 Å². The lowest BCUT2D eigenvalue weighted by Crippen LogP contribution is -2.10. The summed E-state index contributed by atoms with van der Waals surface area (Å²) in [7, 11) is 0. The third kappa shape index (κ3) is 3.30. The fourth-order valence-corrected chi connectivity index (χ4v) is 2.20. The fraction of sp³-hybridized carbons (Fsp3) is 0.118. The van der Waals surface area contributed by atoms with Gasteiger partial charge in [-0.25, -0.2) is 9.97 Å². The van der Waals surface area contributed by atoms with Crippen LogP contribution in [0.5, 0.6) is 0 Å². The Balaban J connectivity index is 1.69. The Morgan fingerprint density at radius 3 is 2.77 bits per heavy atom. The lowest BCUT2D eigenvalue weighted by atomic mass is 10.2. The Morgan fingerprint density at radius 2 is 1.95 bits per heavy atom. The van der Waals surface area contributed by atoms with E-state index < -0.39 is 0 Å². The summed E-state index contributed by atoms with van der Waals surface area (Å²) in [5, 5.41) is 12.1. The van der Waals surface area contributed by atoms with E-state index in [-0.39, 0.29) is 0 Å². The van der Waals surface area contributed by atoms with Crippen molar-refractivity contribution < 1.29 is 0 Å². The predicted octanol–water partition coefficient (Wildman–Crippen LogP) is 2.81. The van der Waals surface area contributed by atoms with Crippen molar-refractivity contribution in [2.45, 2.75) is 13.1 Å². The quantitative estimate of drug-likeness (QED) is 0.784. The monoisotopic (exact) mass is 289 g/mol. The molecule has 0 fully saturated rings. The summed E-state index contributed by atoms with van der Waals surface area (Å²) in [5.74, 6) is 1.60. The second-order valence-corrected chi connectivity index (χ2v) is 4.83. The van der Waals surface area contributed by atoms with Gasteiger partial charge in [-0.2, -0.15) is 5.26 Å². The summed E-state index contributed by atoms with van der Waals surface area (Å²) >= 11 is 0. The molecule has 0 amide bonds. The van der Waals surface area contributed by atoms with Gasteiger partial charge in [0.2, 0.25) is 0 Å². The molecule has 0 saturated heterocycles. The van der Waals surface area contributed by atoms with Gasteiger partial charge in [0.15, 0.2) is 0 Å². The molecule has 0 atom stereocenters. The van der Waals surface area contributed by atoms with Crippen LogP contribution in [0.2, 0.25) is 0 Å². The van der Waals surface area contributed by atoms with Crippen LogP contribution in [-0.4, -0.2) is 14.5 Å². The van der Waals surface area contributed by atoms with E-state index in [1.54, 1.807) is 12.3 Å². The summed E-state index contributed by atoms with van der Waals surface area (Å²) < 4.78 is 2.09. The largest absolute Gasteiger partial charge is 0.363 e. The molecule has 0 bridgehead atoms. The van der Waals surface area contributed by atoms with E-state index >= 15 is 0 Å². The van der Waals surface area contributed by atoms with Gasteiger partial charge >= 0.3 is 0 Å². The molecule has 0 aliphatic rings. The lowest BCUT2D eigenvalue weighted by molar-refractivity contribution is 0.734. The van der Waals surface area contributed by atoms with Crippen molar-refractivity contribution in [2.75, 3.05) is 5.32 Å². The zero-order valence-electron chi connectivity index (χ0n) is 12.0. The number of anilines is 1. The number of hydrogen-bond donors (Lipinski definition) is 1. The Bertz CT molecular complexity index is 786. The number of nitriles is 1. The standard InChI is InChI=1S/C17H15N5/c18-11-15-7-4-8-16(21-15)20-12-17-19-9-10-22(17)13-14-5-2-1-3-6-14/h1-10H,12-13H2,(H,20,21). The number of imidazole rings is 1. The first-order valence-electron chi connectivity index (χ1n) is 7.00. The molecule has 108 valence electrons. The van der Waals surface area contributed by atoms with Crippen LogP contribution in [0.3, 0.4) is 0 Å². The van der Waals surface area contributed by atoms with E-state index in [2.05, 4.69) is 32.0 Å². The normalized spacial score (nSPS) is 10.1. The van der Waals surface area contributed by atoms with Gasteiger partial charge in [-0.15, -0.1) is 0 Å². The van der Waals surface area contributed by atoms with Crippen molar-refractivity contribution in [1.82, 2.24) is 14.5 Å². The molecule has 3 rings (SSSR count). The Hall–Kier alpha value is -3.13. The molecule has 2 heterocycles. The Kier molecular flexibility index (Phi) is 4.12. The molecule has 1 aromatic carbocycles. The first-order valence-corrected chi connectivity index (χ1v) is 7.00. The van der Waals surface area contributed by atoms with Crippen molar-refractivity contribution >= 4 is 5.82 Å². The molecule has 0 radical (unpaired) electrons. The maximum atomic E-state index is 8.87. The molecule has 5 nitrogen and oxygen atoms in total. The van der Waals surface area contributed by atoms with Gasteiger partial charge in [0.1, 0.15) is 23.4 Å². The molecule has 22 heavy (non-hydrogen) atoms. The highest BCUT2D eigenvalue weighted by atomic mass is 15.1. The minimum absolute atomic E-state index is 0.401. The van der Waals surface area contributed by atoms with E-state index in [0.29, 0.717) is 18.1 Å². The number of aromatic nitrogens is 3.